The SMILES string of the molecule is CCCCN(C(=O)c1cc(C(=O)OC)cc([N+](=O)[O-])c1)c1c(N)n(CCCC)c(=O)[nH]c1=O. The number of benzene rings is 1. The molecular formula is C21H27N5O7. The first-order valence-electron chi connectivity index (χ1n) is 10.5. The van der Waals surface area contributed by atoms with Gasteiger partial charge in [0.15, 0.2) is 5.69 Å². The number of amides is 1. The number of nitrogens with two attached hydrogens (primary N) is 1. The van der Waals surface area contributed by atoms with E-state index in [9.17, 15) is 29.3 Å². The van der Waals surface area contributed by atoms with Crippen LogP contribution in [0.4, 0.5) is 17.2 Å². The van der Waals surface area contributed by atoms with Crippen molar-refractivity contribution in [2.45, 2.75) is 46.1 Å². The third-order valence-corrected chi connectivity index (χ3v) is 5.00. The number of nitro groups is 1. The molecule has 33 heavy (non-hydrogen) atoms. The van der Waals surface area contributed by atoms with Crippen LogP contribution in [-0.4, -0.2) is 40.0 Å². The standard InChI is InChI=1S/C21H27N5O7/c1-4-6-8-24(16-17(22)25(9-7-5-2)21(30)23-18(16)27)19(28)13-10-14(20(29)33-3)12-15(11-13)26(31)32/h10-12H,4-9,22H2,1-3H3,(H,23,27,30). The summed E-state index contributed by atoms with van der Waals surface area (Å²) in [5, 5.41) is 11.4. The molecule has 0 aliphatic carbocycles. The summed E-state index contributed by atoms with van der Waals surface area (Å²) in [5.41, 5.74) is 3.49. The highest BCUT2D eigenvalue weighted by Gasteiger charge is 2.27. The molecule has 0 spiro atoms. The van der Waals surface area contributed by atoms with Gasteiger partial charge in [0.1, 0.15) is 5.82 Å². The number of esters is 1. The van der Waals surface area contributed by atoms with Gasteiger partial charge in [0, 0.05) is 30.8 Å². The second-order valence-electron chi connectivity index (χ2n) is 7.33. The van der Waals surface area contributed by atoms with Crippen molar-refractivity contribution in [1.82, 2.24) is 9.55 Å². The Hall–Kier alpha value is -3.96. The quantitative estimate of drug-likeness (QED) is 0.307. The lowest BCUT2D eigenvalue weighted by molar-refractivity contribution is -0.384. The molecule has 0 radical (unpaired) electrons. The summed E-state index contributed by atoms with van der Waals surface area (Å²) in [6.07, 6.45) is 2.53. The molecule has 2 rings (SSSR count). The fourth-order valence-corrected chi connectivity index (χ4v) is 3.24. The Morgan fingerprint density at radius 2 is 1.79 bits per heavy atom. The minimum atomic E-state index is -0.863. The number of H-pyrrole nitrogens is 1. The largest absolute Gasteiger partial charge is 0.465 e. The van der Waals surface area contributed by atoms with Crippen LogP contribution < -0.4 is 21.9 Å². The number of nitrogen functional groups attached to an aromatic ring is 1. The minimum absolute atomic E-state index is 0.0604. The molecule has 178 valence electrons. The molecule has 1 aromatic heterocycles. The van der Waals surface area contributed by atoms with Crippen molar-refractivity contribution in [3.05, 3.63) is 60.3 Å². The van der Waals surface area contributed by atoms with Gasteiger partial charge in [-0.25, -0.2) is 9.59 Å². The van der Waals surface area contributed by atoms with Crippen LogP contribution >= 0.6 is 0 Å². The number of carbonyl (C=O) groups is 2. The fraction of sp³-hybridized carbons (Fsp3) is 0.429. The summed E-state index contributed by atoms with van der Waals surface area (Å²) >= 11 is 0. The number of nitrogens with zero attached hydrogens (tertiary/aromatic N) is 3. The number of methoxy groups -OCH3 is 1. The van der Waals surface area contributed by atoms with Gasteiger partial charge in [-0.1, -0.05) is 26.7 Å². The molecule has 0 unspecified atom stereocenters. The Morgan fingerprint density at radius 1 is 1.15 bits per heavy atom. The van der Waals surface area contributed by atoms with Crippen molar-refractivity contribution in [2.24, 2.45) is 0 Å². The topological polar surface area (TPSA) is 171 Å². The number of hydrogen-bond donors (Lipinski definition) is 2. The lowest BCUT2D eigenvalue weighted by Gasteiger charge is -2.24. The number of unbranched alkanes of at least 4 members (excludes halogenated alkanes) is 2. The normalized spacial score (nSPS) is 10.6. The molecule has 12 nitrogen and oxygen atoms in total. The minimum Gasteiger partial charge on any atom is -0.465 e. The number of nitrogens with one attached hydrogen (secondary N) is 1. The van der Waals surface area contributed by atoms with Gasteiger partial charge in [-0.15, -0.1) is 0 Å². The number of nitro benzene ring substituents is 1. The molecule has 1 amide bonds. The molecule has 12 heteroatoms. The molecule has 0 atom stereocenters. The Kier molecular flexibility index (Phi) is 8.49. The highest BCUT2D eigenvalue weighted by atomic mass is 16.6. The Labute approximate surface area is 189 Å². The zero-order chi connectivity index (χ0) is 24.7. The number of rotatable bonds is 10. The predicted molar refractivity (Wildman–Crippen MR) is 122 cm³/mol. The van der Waals surface area contributed by atoms with Crippen LogP contribution in [0.5, 0.6) is 0 Å². The first-order chi connectivity index (χ1) is 15.7. The molecule has 0 fully saturated rings. The summed E-state index contributed by atoms with van der Waals surface area (Å²) in [6, 6.07) is 3.15. The van der Waals surface area contributed by atoms with Crippen LogP contribution in [0.15, 0.2) is 27.8 Å². The van der Waals surface area contributed by atoms with Crippen molar-refractivity contribution in [3.63, 3.8) is 0 Å². The molecule has 0 bridgehead atoms. The first-order valence-corrected chi connectivity index (χ1v) is 10.5. The van der Waals surface area contributed by atoms with Crippen molar-refractivity contribution in [3.8, 4) is 0 Å². The van der Waals surface area contributed by atoms with E-state index in [4.69, 9.17) is 5.73 Å². The maximum absolute atomic E-state index is 13.5. The summed E-state index contributed by atoms with van der Waals surface area (Å²) in [5.74, 6) is -1.83. The average molecular weight is 461 g/mol. The number of carbonyl (C=O) groups excluding carboxylic acids is 2. The van der Waals surface area contributed by atoms with E-state index >= 15 is 0 Å². The average Bonchev–Trinajstić information content (AvgIpc) is 2.79. The Bertz CT molecular complexity index is 1170. The van der Waals surface area contributed by atoms with Crippen molar-refractivity contribution < 1.29 is 19.2 Å². The van der Waals surface area contributed by atoms with E-state index < -0.39 is 33.7 Å². The van der Waals surface area contributed by atoms with E-state index in [-0.39, 0.29) is 35.7 Å². The summed E-state index contributed by atoms with van der Waals surface area (Å²) in [4.78, 5) is 64.3. The van der Waals surface area contributed by atoms with Gasteiger partial charge >= 0.3 is 11.7 Å². The van der Waals surface area contributed by atoms with E-state index in [0.29, 0.717) is 19.3 Å². The van der Waals surface area contributed by atoms with E-state index in [2.05, 4.69) is 9.72 Å². The van der Waals surface area contributed by atoms with Crippen LogP contribution in [-0.2, 0) is 11.3 Å². The van der Waals surface area contributed by atoms with Gasteiger partial charge in [0.2, 0.25) is 0 Å². The van der Waals surface area contributed by atoms with E-state index in [0.717, 1.165) is 36.6 Å². The van der Waals surface area contributed by atoms with Gasteiger partial charge in [-0.2, -0.15) is 0 Å². The van der Waals surface area contributed by atoms with Gasteiger partial charge in [-0.05, 0) is 18.9 Å². The number of hydrogen-bond acceptors (Lipinski definition) is 8. The van der Waals surface area contributed by atoms with Crippen LogP contribution in [0.2, 0.25) is 0 Å². The number of aromatic nitrogens is 2. The Balaban J connectivity index is 2.70. The van der Waals surface area contributed by atoms with Crippen LogP contribution in [0, 0.1) is 10.1 Å². The molecule has 1 aromatic carbocycles. The number of aromatic amines is 1. The molecule has 0 saturated carbocycles. The number of ether oxygens (including phenoxy) is 1. The van der Waals surface area contributed by atoms with Crippen LogP contribution in [0.25, 0.3) is 0 Å². The predicted octanol–water partition coefficient (Wildman–Crippen LogP) is 2.06. The molecule has 1 heterocycles. The fourth-order valence-electron chi connectivity index (χ4n) is 3.24. The van der Waals surface area contributed by atoms with Gasteiger partial charge in [-0.3, -0.25) is 29.3 Å². The van der Waals surface area contributed by atoms with Gasteiger partial charge < -0.3 is 15.4 Å². The second-order valence-corrected chi connectivity index (χ2v) is 7.33. The zero-order valence-electron chi connectivity index (χ0n) is 18.8. The first kappa shape index (κ1) is 25.3. The van der Waals surface area contributed by atoms with Crippen LogP contribution in [0.3, 0.4) is 0 Å². The number of anilines is 2. The number of non-ortho nitro benzene ring substituents is 1. The highest BCUT2D eigenvalue weighted by Crippen LogP contribution is 2.24. The van der Waals surface area contributed by atoms with Crippen LogP contribution in [0.1, 0.15) is 60.2 Å². The zero-order valence-corrected chi connectivity index (χ0v) is 18.8. The lowest BCUT2D eigenvalue weighted by atomic mass is 10.1. The summed E-state index contributed by atoms with van der Waals surface area (Å²) < 4.78 is 5.80. The van der Waals surface area contributed by atoms with E-state index in [1.807, 2.05) is 13.8 Å². The summed E-state index contributed by atoms with van der Waals surface area (Å²) in [6.45, 7) is 4.10. The Morgan fingerprint density at radius 3 is 2.36 bits per heavy atom. The lowest BCUT2D eigenvalue weighted by Crippen LogP contribution is -2.41. The molecule has 0 saturated heterocycles. The third kappa shape index (κ3) is 5.64. The molecule has 3 N–H and O–H groups in total. The smallest absolute Gasteiger partial charge is 0.338 e. The molecule has 0 aliphatic rings. The van der Waals surface area contributed by atoms with Gasteiger partial charge in [0.25, 0.3) is 17.2 Å². The summed E-state index contributed by atoms with van der Waals surface area (Å²) in [7, 11) is 1.11. The maximum atomic E-state index is 13.5. The monoisotopic (exact) mass is 461 g/mol. The molecule has 0 aliphatic heterocycles. The third-order valence-electron chi connectivity index (χ3n) is 5.00. The van der Waals surface area contributed by atoms with Crippen molar-refractivity contribution in [1.29, 1.82) is 0 Å². The van der Waals surface area contributed by atoms with Crippen molar-refractivity contribution >= 4 is 29.1 Å². The second kappa shape index (κ2) is 11.1. The van der Waals surface area contributed by atoms with Crippen molar-refractivity contribution in [2.75, 3.05) is 24.3 Å². The van der Waals surface area contributed by atoms with Gasteiger partial charge in [0.05, 0.1) is 17.6 Å². The molecular weight excluding hydrogens is 434 g/mol. The molecule has 2 aromatic rings. The van der Waals surface area contributed by atoms with E-state index in [1.54, 1.807) is 0 Å². The highest BCUT2D eigenvalue weighted by molar-refractivity contribution is 6.08. The maximum Gasteiger partial charge on any atom is 0.338 e. The van der Waals surface area contributed by atoms with E-state index in [1.165, 1.54) is 4.57 Å².